The Balaban J connectivity index is 2.88. The third kappa shape index (κ3) is 4.10. The summed E-state index contributed by atoms with van der Waals surface area (Å²) in [5.74, 6) is -1.62. The van der Waals surface area contributed by atoms with Gasteiger partial charge in [0.15, 0.2) is 0 Å². The van der Waals surface area contributed by atoms with Crippen LogP contribution in [0.25, 0.3) is 0 Å². The molecule has 0 fully saturated rings. The smallest absolute Gasteiger partial charge is 0.308 e. The van der Waals surface area contributed by atoms with Gasteiger partial charge < -0.3 is 10.4 Å². The van der Waals surface area contributed by atoms with Crippen LogP contribution in [0.2, 0.25) is 5.02 Å². The molecule has 0 saturated carbocycles. The maximum atomic E-state index is 11.0. The Bertz CT molecular complexity index is 491. The van der Waals surface area contributed by atoms with Crippen molar-refractivity contribution in [3.63, 3.8) is 0 Å². The lowest BCUT2D eigenvalue weighted by molar-refractivity contribution is -0.383. The van der Waals surface area contributed by atoms with Crippen molar-refractivity contribution in [3.05, 3.63) is 33.3 Å². The number of nitrogens with zero attached hydrogens (tertiary/aromatic N) is 1. The zero-order valence-corrected chi connectivity index (χ0v) is 11.3. The van der Waals surface area contributed by atoms with E-state index in [0.29, 0.717) is 0 Å². The Morgan fingerprint density at radius 1 is 1.53 bits per heavy atom. The van der Waals surface area contributed by atoms with Crippen molar-refractivity contribution in [3.8, 4) is 0 Å². The Hall–Kier alpha value is -1.82. The van der Waals surface area contributed by atoms with Crippen LogP contribution in [0, 0.1) is 22.0 Å². The second-order valence-electron chi connectivity index (χ2n) is 4.49. The molecule has 0 aromatic heterocycles. The van der Waals surface area contributed by atoms with Crippen molar-refractivity contribution in [1.29, 1.82) is 0 Å². The van der Waals surface area contributed by atoms with Gasteiger partial charge in [0, 0.05) is 17.6 Å². The molecule has 0 aliphatic heterocycles. The van der Waals surface area contributed by atoms with Crippen LogP contribution in [0.3, 0.4) is 0 Å². The number of nitro groups is 1. The summed E-state index contributed by atoms with van der Waals surface area (Å²) in [5.41, 5.74) is 0.0988. The van der Waals surface area contributed by atoms with Gasteiger partial charge in [-0.15, -0.1) is 0 Å². The lowest BCUT2D eigenvalue weighted by Gasteiger charge is -2.17. The van der Waals surface area contributed by atoms with E-state index >= 15 is 0 Å². The largest absolute Gasteiger partial charge is 0.481 e. The number of hydrogen-bond donors (Lipinski definition) is 2. The van der Waals surface area contributed by atoms with E-state index in [9.17, 15) is 14.9 Å². The average Bonchev–Trinajstić information content (AvgIpc) is 2.29. The predicted molar refractivity (Wildman–Crippen MR) is 72.6 cm³/mol. The molecule has 1 aromatic rings. The van der Waals surface area contributed by atoms with Crippen LogP contribution in [0.15, 0.2) is 18.2 Å². The topological polar surface area (TPSA) is 92.5 Å². The summed E-state index contributed by atoms with van der Waals surface area (Å²) >= 11 is 5.70. The SMILES string of the molecule is CC(C)C(CNc1ccc(Cl)cc1[N+](=O)[O-])C(=O)O. The predicted octanol–water partition coefficient (Wildman–Crippen LogP) is 3.02. The number of carboxylic acids is 1. The number of aliphatic carboxylic acids is 1. The molecule has 104 valence electrons. The van der Waals surface area contributed by atoms with E-state index in [4.69, 9.17) is 16.7 Å². The number of anilines is 1. The lowest BCUT2D eigenvalue weighted by Crippen LogP contribution is -2.27. The van der Waals surface area contributed by atoms with Crippen LogP contribution in [-0.2, 0) is 4.79 Å². The first-order valence-corrected chi connectivity index (χ1v) is 6.11. The highest BCUT2D eigenvalue weighted by molar-refractivity contribution is 6.30. The molecular formula is C12H15ClN2O4. The van der Waals surface area contributed by atoms with Gasteiger partial charge in [-0.05, 0) is 18.1 Å². The maximum absolute atomic E-state index is 11.0. The molecule has 0 aliphatic rings. The van der Waals surface area contributed by atoms with Crippen LogP contribution in [-0.4, -0.2) is 22.5 Å². The molecule has 6 nitrogen and oxygen atoms in total. The summed E-state index contributed by atoms with van der Waals surface area (Å²) < 4.78 is 0. The van der Waals surface area contributed by atoms with Gasteiger partial charge in [0.1, 0.15) is 5.69 Å². The summed E-state index contributed by atoms with van der Waals surface area (Å²) in [6.07, 6.45) is 0. The molecule has 0 bridgehead atoms. The molecule has 0 aliphatic carbocycles. The minimum absolute atomic E-state index is 0.0728. The fourth-order valence-electron chi connectivity index (χ4n) is 1.63. The van der Waals surface area contributed by atoms with Crippen molar-refractivity contribution >= 4 is 28.9 Å². The van der Waals surface area contributed by atoms with Crippen LogP contribution in [0.1, 0.15) is 13.8 Å². The van der Waals surface area contributed by atoms with Gasteiger partial charge >= 0.3 is 5.97 Å². The second-order valence-corrected chi connectivity index (χ2v) is 4.92. The first-order valence-electron chi connectivity index (χ1n) is 5.73. The van der Waals surface area contributed by atoms with Crippen molar-refractivity contribution in [1.82, 2.24) is 0 Å². The zero-order valence-electron chi connectivity index (χ0n) is 10.6. The van der Waals surface area contributed by atoms with Gasteiger partial charge in [0.25, 0.3) is 5.69 Å². The molecular weight excluding hydrogens is 272 g/mol. The fourth-order valence-corrected chi connectivity index (χ4v) is 1.80. The summed E-state index contributed by atoms with van der Waals surface area (Å²) in [5, 5.41) is 23.0. The molecule has 1 atom stereocenters. The molecule has 0 amide bonds. The van der Waals surface area contributed by atoms with E-state index in [1.165, 1.54) is 18.2 Å². The second kappa shape index (κ2) is 6.38. The Labute approximate surface area is 115 Å². The van der Waals surface area contributed by atoms with Gasteiger partial charge in [0.2, 0.25) is 0 Å². The maximum Gasteiger partial charge on any atom is 0.308 e. The monoisotopic (exact) mass is 286 g/mol. The minimum atomic E-state index is -0.931. The van der Waals surface area contributed by atoms with Crippen molar-refractivity contribution in [2.45, 2.75) is 13.8 Å². The number of rotatable bonds is 6. The van der Waals surface area contributed by atoms with Crippen LogP contribution < -0.4 is 5.32 Å². The lowest BCUT2D eigenvalue weighted by atomic mass is 9.96. The number of carbonyl (C=O) groups is 1. The molecule has 1 aromatic carbocycles. The number of carboxylic acid groups (broad SMARTS) is 1. The molecule has 0 saturated heterocycles. The number of nitro benzene ring substituents is 1. The standard InChI is InChI=1S/C12H15ClN2O4/c1-7(2)9(12(16)17)6-14-10-4-3-8(13)5-11(10)15(18)19/h3-5,7,9,14H,6H2,1-2H3,(H,16,17). The van der Waals surface area contributed by atoms with E-state index in [2.05, 4.69) is 5.32 Å². The first kappa shape index (κ1) is 15.2. The van der Waals surface area contributed by atoms with Crippen LogP contribution >= 0.6 is 11.6 Å². The van der Waals surface area contributed by atoms with E-state index in [-0.39, 0.29) is 28.9 Å². The van der Waals surface area contributed by atoms with Crippen LogP contribution in [0.4, 0.5) is 11.4 Å². The van der Waals surface area contributed by atoms with Gasteiger partial charge in [0.05, 0.1) is 10.8 Å². The summed E-state index contributed by atoms with van der Waals surface area (Å²) in [7, 11) is 0. The number of nitrogens with one attached hydrogen (secondary N) is 1. The van der Waals surface area contributed by atoms with Gasteiger partial charge in [-0.1, -0.05) is 25.4 Å². The molecule has 0 spiro atoms. The highest BCUT2D eigenvalue weighted by Gasteiger charge is 2.22. The molecule has 7 heteroatoms. The summed E-state index contributed by atoms with van der Waals surface area (Å²) in [4.78, 5) is 21.4. The Kier molecular flexibility index (Phi) is 5.11. The molecule has 1 rings (SSSR count). The van der Waals surface area contributed by atoms with E-state index < -0.39 is 16.8 Å². The Morgan fingerprint density at radius 2 is 2.16 bits per heavy atom. The Morgan fingerprint density at radius 3 is 2.63 bits per heavy atom. The van der Waals surface area contributed by atoms with Gasteiger partial charge in [-0.2, -0.15) is 0 Å². The number of halogens is 1. The molecule has 19 heavy (non-hydrogen) atoms. The quantitative estimate of drug-likeness (QED) is 0.619. The molecule has 0 heterocycles. The molecule has 1 unspecified atom stereocenters. The van der Waals surface area contributed by atoms with E-state index in [1.54, 1.807) is 13.8 Å². The fraction of sp³-hybridized carbons (Fsp3) is 0.417. The van der Waals surface area contributed by atoms with E-state index in [0.717, 1.165) is 0 Å². The summed E-state index contributed by atoms with van der Waals surface area (Å²) in [6, 6.07) is 4.22. The number of benzene rings is 1. The number of hydrogen-bond acceptors (Lipinski definition) is 4. The third-order valence-electron chi connectivity index (χ3n) is 2.79. The summed E-state index contributed by atoms with van der Waals surface area (Å²) in [6.45, 7) is 3.70. The van der Waals surface area contributed by atoms with Crippen molar-refractivity contribution < 1.29 is 14.8 Å². The average molecular weight is 287 g/mol. The first-order chi connectivity index (χ1) is 8.82. The van der Waals surface area contributed by atoms with E-state index in [1.807, 2.05) is 0 Å². The normalized spacial score (nSPS) is 12.2. The van der Waals surface area contributed by atoms with Gasteiger partial charge in [-0.25, -0.2) is 0 Å². The van der Waals surface area contributed by atoms with Crippen molar-refractivity contribution in [2.24, 2.45) is 11.8 Å². The zero-order chi connectivity index (χ0) is 14.6. The minimum Gasteiger partial charge on any atom is -0.481 e. The highest BCUT2D eigenvalue weighted by Crippen LogP contribution is 2.28. The van der Waals surface area contributed by atoms with Crippen LogP contribution in [0.5, 0.6) is 0 Å². The van der Waals surface area contributed by atoms with Gasteiger partial charge in [-0.3, -0.25) is 14.9 Å². The molecule has 2 N–H and O–H groups in total. The highest BCUT2D eigenvalue weighted by atomic mass is 35.5. The molecule has 0 radical (unpaired) electrons. The van der Waals surface area contributed by atoms with Crippen molar-refractivity contribution in [2.75, 3.05) is 11.9 Å². The third-order valence-corrected chi connectivity index (χ3v) is 3.03.